The van der Waals surface area contributed by atoms with Gasteiger partial charge in [0.2, 0.25) is 0 Å². The number of pyridine rings is 2. The molecule has 8 heteroatoms. The van der Waals surface area contributed by atoms with Crippen molar-refractivity contribution in [2.45, 2.75) is 6.92 Å². The Morgan fingerprint density at radius 1 is 1.03 bits per heavy atom. The fourth-order valence-electron chi connectivity index (χ4n) is 3.30. The molecule has 0 saturated carbocycles. The topological polar surface area (TPSA) is 134 Å². The number of nitriles is 1. The Balaban J connectivity index is 1.58. The Morgan fingerprint density at radius 2 is 1.84 bits per heavy atom. The maximum absolute atomic E-state index is 12.3. The van der Waals surface area contributed by atoms with Gasteiger partial charge in [-0.25, -0.2) is 4.98 Å². The minimum absolute atomic E-state index is 0.211. The molecule has 0 aliphatic carbocycles. The molecule has 32 heavy (non-hydrogen) atoms. The summed E-state index contributed by atoms with van der Waals surface area (Å²) in [6.07, 6.45) is 5.04. The number of aromatic nitrogens is 2. The van der Waals surface area contributed by atoms with Gasteiger partial charge in [-0.15, -0.1) is 0 Å². The van der Waals surface area contributed by atoms with Crippen LogP contribution in [0.1, 0.15) is 11.1 Å². The summed E-state index contributed by atoms with van der Waals surface area (Å²) < 4.78 is 0. The fraction of sp³-hybridized carbons (Fsp3) is 0.0417. The molecule has 0 aliphatic heterocycles. The standard InChI is InChI=1S/C24H18N6O2/c1-14-5-6-27-12-19(14)16-8-17-10-22(28-13-20(17)21(26)9-16)30-24(32)23(31)29-18-4-2-3-15(7-18)11-25/h2-10,12-13H,26H2,1H3,(H,29,31)(H,28,30,32). The van der Waals surface area contributed by atoms with Crippen molar-refractivity contribution in [3.8, 4) is 17.2 Å². The highest BCUT2D eigenvalue weighted by atomic mass is 16.2. The molecule has 0 unspecified atom stereocenters. The van der Waals surface area contributed by atoms with Crippen LogP contribution in [0, 0.1) is 18.3 Å². The van der Waals surface area contributed by atoms with Crippen molar-refractivity contribution in [2.75, 3.05) is 16.4 Å². The monoisotopic (exact) mass is 422 g/mol. The number of nitrogens with two attached hydrogens (primary N) is 1. The van der Waals surface area contributed by atoms with E-state index in [4.69, 9.17) is 11.0 Å². The molecule has 0 atom stereocenters. The number of benzene rings is 2. The lowest BCUT2D eigenvalue weighted by Crippen LogP contribution is -2.29. The second-order valence-electron chi connectivity index (χ2n) is 7.15. The van der Waals surface area contributed by atoms with Gasteiger partial charge in [-0.1, -0.05) is 6.07 Å². The maximum atomic E-state index is 12.3. The summed E-state index contributed by atoms with van der Waals surface area (Å²) in [5.74, 6) is -1.55. The average molecular weight is 422 g/mol. The molecule has 4 N–H and O–H groups in total. The van der Waals surface area contributed by atoms with Gasteiger partial charge >= 0.3 is 11.8 Å². The summed E-state index contributed by atoms with van der Waals surface area (Å²) in [6.45, 7) is 1.99. The van der Waals surface area contributed by atoms with Crippen LogP contribution >= 0.6 is 0 Å². The van der Waals surface area contributed by atoms with Crippen molar-refractivity contribution in [1.82, 2.24) is 9.97 Å². The molecule has 4 rings (SSSR count). The molecule has 0 spiro atoms. The Labute approximate surface area is 183 Å². The van der Waals surface area contributed by atoms with Gasteiger partial charge in [0.1, 0.15) is 5.82 Å². The number of amides is 2. The number of nitrogens with zero attached hydrogens (tertiary/aromatic N) is 3. The van der Waals surface area contributed by atoms with E-state index >= 15 is 0 Å². The lowest BCUT2D eigenvalue weighted by molar-refractivity contribution is -0.133. The number of anilines is 3. The van der Waals surface area contributed by atoms with Crippen molar-refractivity contribution in [3.63, 3.8) is 0 Å². The largest absolute Gasteiger partial charge is 0.398 e. The second kappa shape index (κ2) is 8.53. The summed E-state index contributed by atoms with van der Waals surface area (Å²) in [7, 11) is 0. The van der Waals surface area contributed by atoms with E-state index in [1.54, 1.807) is 42.9 Å². The van der Waals surface area contributed by atoms with Crippen LogP contribution in [0.2, 0.25) is 0 Å². The van der Waals surface area contributed by atoms with Gasteiger partial charge in [-0.2, -0.15) is 5.26 Å². The van der Waals surface area contributed by atoms with Crippen LogP contribution in [-0.4, -0.2) is 21.8 Å². The van der Waals surface area contributed by atoms with Crippen LogP contribution < -0.4 is 16.4 Å². The minimum Gasteiger partial charge on any atom is -0.398 e. The molecule has 8 nitrogen and oxygen atoms in total. The first-order valence-corrected chi connectivity index (χ1v) is 9.67. The number of rotatable bonds is 3. The van der Waals surface area contributed by atoms with Gasteiger partial charge < -0.3 is 16.4 Å². The molecule has 2 aromatic heterocycles. The van der Waals surface area contributed by atoms with Gasteiger partial charge in [-0.05, 0) is 65.9 Å². The number of hydrogen-bond acceptors (Lipinski definition) is 6. The average Bonchev–Trinajstić information content (AvgIpc) is 2.79. The third-order valence-electron chi connectivity index (χ3n) is 4.92. The molecule has 156 valence electrons. The van der Waals surface area contributed by atoms with E-state index < -0.39 is 11.8 Å². The van der Waals surface area contributed by atoms with E-state index in [9.17, 15) is 9.59 Å². The molecule has 0 bridgehead atoms. The first-order chi connectivity index (χ1) is 15.4. The molecule has 4 aromatic rings. The predicted octanol–water partition coefficient (Wildman–Crippen LogP) is 3.64. The first kappa shape index (κ1) is 20.5. The van der Waals surface area contributed by atoms with Gasteiger partial charge in [0.05, 0.1) is 11.6 Å². The van der Waals surface area contributed by atoms with Gasteiger partial charge in [0.15, 0.2) is 0 Å². The molecule has 2 heterocycles. The van der Waals surface area contributed by atoms with E-state index in [1.807, 2.05) is 31.2 Å². The number of aryl methyl sites for hydroxylation is 1. The van der Waals surface area contributed by atoms with Crippen LogP contribution in [0.25, 0.3) is 21.9 Å². The van der Waals surface area contributed by atoms with Crippen LogP contribution in [0.4, 0.5) is 17.2 Å². The number of nitrogens with one attached hydrogen (secondary N) is 2. The summed E-state index contributed by atoms with van der Waals surface area (Å²) >= 11 is 0. The zero-order valence-electron chi connectivity index (χ0n) is 17.1. The van der Waals surface area contributed by atoms with Crippen molar-refractivity contribution in [2.24, 2.45) is 0 Å². The quantitative estimate of drug-likeness (QED) is 0.341. The van der Waals surface area contributed by atoms with E-state index in [1.165, 1.54) is 6.07 Å². The molecule has 0 radical (unpaired) electrons. The first-order valence-electron chi connectivity index (χ1n) is 9.67. The summed E-state index contributed by atoms with van der Waals surface area (Å²) in [5.41, 5.74) is 10.4. The zero-order valence-corrected chi connectivity index (χ0v) is 17.1. The number of nitrogen functional groups attached to an aromatic ring is 1. The predicted molar refractivity (Wildman–Crippen MR) is 123 cm³/mol. The fourth-order valence-corrected chi connectivity index (χ4v) is 3.30. The number of hydrogen-bond donors (Lipinski definition) is 3. The number of fused-ring (bicyclic) bond motifs is 1. The third kappa shape index (κ3) is 4.22. The molecule has 2 amide bonds. The smallest absolute Gasteiger partial charge is 0.315 e. The highest BCUT2D eigenvalue weighted by molar-refractivity contribution is 6.43. The van der Waals surface area contributed by atoms with Gasteiger partial charge in [0, 0.05) is 40.9 Å². The molecule has 2 aromatic carbocycles. The Bertz CT molecular complexity index is 1410. The number of carbonyl (C=O) groups is 2. The van der Waals surface area contributed by atoms with E-state index in [-0.39, 0.29) is 5.82 Å². The summed E-state index contributed by atoms with van der Waals surface area (Å²) in [4.78, 5) is 33.0. The maximum Gasteiger partial charge on any atom is 0.315 e. The zero-order chi connectivity index (χ0) is 22.7. The van der Waals surface area contributed by atoms with E-state index in [2.05, 4.69) is 20.6 Å². The molecule has 0 aliphatic rings. The lowest BCUT2D eigenvalue weighted by Gasteiger charge is -2.11. The SMILES string of the molecule is Cc1ccncc1-c1cc(N)c2cnc(NC(=O)C(=O)Nc3cccc(C#N)c3)cc2c1. The third-order valence-corrected chi connectivity index (χ3v) is 4.92. The van der Waals surface area contributed by atoms with Crippen LogP contribution in [-0.2, 0) is 9.59 Å². The van der Waals surface area contributed by atoms with Gasteiger partial charge in [-0.3, -0.25) is 14.6 Å². The minimum atomic E-state index is -0.883. The van der Waals surface area contributed by atoms with Crippen molar-refractivity contribution in [1.29, 1.82) is 5.26 Å². The highest BCUT2D eigenvalue weighted by Gasteiger charge is 2.16. The molecular weight excluding hydrogens is 404 g/mol. The summed E-state index contributed by atoms with van der Waals surface area (Å²) in [6, 6.07) is 15.6. The van der Waals surface area contributed by atoms with E-state index in [0.717, 1.165) is 27.5 Å². The number of carbonyl (C=O) groups excluding carboxylic acids is 2. The van der Waals surface area contributed by atoms with Crippen molar-refractivity contribution >= 4 is 39.8 Å². The van der Waals surface area contributed by atoms with Crippen LogP contribution in [0.15, 0.2) is 67.1 Å². The summed E-state index contributed by atoms with van der Waals surface area (Å²) in [5, 5.41) is 15.4. The normalized spacial score (nSPS) is 10.4. The Morgan fingerprint density at radius 3 is 2.62 bits per heavy atom. The second-order valence-corrected chi connectivity index (χ2v) is 7.15. The Hall–Kier alpha value is -4.77. The van der Waals surface area contributed by atoms with Gasteiger partial charge in [0.25, 0.3) is 0 Å². The molecule has 0 fully saturated rings. The lowest BCUT2D eigenvalue weighted by atomic mass is 9.99. The molecular formula is C24H18N6O2. The van der Waals surface area contributed by atoms with Crippen molar-refractivity contribution < 1.29 is 9.59 Å². The van der Waals surface area contributed by atoms with Crippen molar-refractivity contribution in [3.05, 3.63) is 78.2 Å². The molecule has 0 saturated heterocycles. The highest BCUT2D eigenvalue weighted by Crippen LogP contribution is 2.31. The Kier molecular flexibility index (Phi) is 5.47. The van der Waals surface area contributed by atoms with Crippen LogP contribution in [0.5, 0.6) is 0 Å². The van der Waals surface area contributed by atoms with E-state index in [0.29, 0.717) is 16.9 Å². The van der Waals surface area contributed by atoms with Crippen LogP contribution in [0.3, 0.4) is 0 Å².